The number of rotatable bonds is 63. The van der Waals surface area contributed by atoms with Crippen LogP contribution in [0.1, 0.15) is 316 Å². The Kier molecular flexibility index (Phi) is 59.7. The van der Waals surface area contributed by atoms with Crippen LogP contribution < -0.4 is 5.11 Å². The standard InChI is InChI=1S/C71H129NO8/c1-6-8-10-12-14-16-18-20-22-24-25-26-27-28-29-30-31-32-33-34-35-36-37-38-39-40-41-42-43-44-45-46-48-50-52-54-56-58-60-62-69(74)80-67(66-79-71(70(75)76)77-64-63-72(3,4)5)65-78-68(73)61-59-57-55-53-51-49-47-23-21-19-17-15-13-11-9-7-2/h17-20,23-25,27-28,47,67,71H,6-16,21-22,26,29-46,48-66H2,1-5H3/b19-17-,20-18-,25-24-,28-27-,47-23-. The maximum atomic E-state index is 12.9. The Balaban J connectivity index is 3.98. The van der Waals surface area contributed by atoms with E-state index in [4.69, 9.17) is 18.9 Å². The van der Waals surface area contributed by atoms with Crippen molar-refractivity contribution < 1.29 is 42.9 Å². The number of ether oxygens (including phenoxy) is 4. The number of carbonyl (C=O) groups excluding carboxylic acids is 3. The van der Waals surface area contributed by atoms with Crippen molar-refractivity contribution in [3.63, 3.8) is 0 Å². The van der Waals surface area contributed by atoms with E-state index in [2.05, 4.69) is 74.6 Å². The highest BCUT2D eigenvalue weighted by Gasteiger charge is 2.22. The van der Waals surface area contributed by atoms with E-state index in [-0.39, 0.29) is 38.6 Å². The summed E-state index contributed by atoms with van der Waals surface area (Å²) in [4.78, 5) is 37.3. The van der Waals surface area contributed by atoms with Gasteiger partial charge in [-0.15, -0.1) is 0 Å². The van der Waals surface area contributed by atoms with E-state index in [9.17, 15) is 19.5 Å². The summed E-state index contributed by atoms with van der Waals surface area (Å²) in [5, 5.41) is 11.8. The van der Waals surface area contributed by atoms with E-state index in [1.807, 2.05) is 21.1 Å². The third-order valence-corrected chi connectivity index (χ3v) is 15.0. The molecule has 0 radical (unpaired) electrons. The predicted molar refractivity (Wildman–Crippen MR) is 338 cm³/mol. The molecule has 0 N–H and O–H groups in total. The molecule has 0 bridgehead atoms. The van der Waals surface area contributed by atoms with Gasteiger partial charge in [0.1, 0.15) is 13.2 Å². The maximum absolute atomic E-state index is 12.9. The summed E-state index contributed by atoms with van der Waals surface area (Å²) in [6.07, 6.45) is 77.4. The van der Waals surface area contributed by atoms with Gasteiger partial charge in [0.2, 0.25) is 0 Å². The topological polar surface area (TPSA) is 111 Å². The number of nitrogens with zero attached hydrogens (tertiary/aromatic N) is 1. The van der Waals surface area contributed by atoms with Gasteiger partial charge in [-0.05, 0) is 83.5 Å². The number of hydrogen-bond acceptors (Lipinski definition) is 8. The zero-order valence-corrected chi connectivity index (χ0v) is 53.2. The molecule has 0 saturated heterocycles. The van der Waals surface area contributed by atoms with Gasteiger partial charge in [0.05, 0.1) is 40.3 Å². The third-order valence-electron chi connectivity index (χ3n) is 15.0. The lowest BCUT2D eigenvalue weighted by molar-refractivity contribution is -0.870. The Morgan fingerprint density at radius 2 is 0.675 bits per heavy atom. The SMILES string of the molecule is CCCCCC/C=C\C/C=C\CCCCCCCC(=O)OCC(COC(OCC[N+](C)(C)C)C(=O)[O-])OC(=O)CCCCCCCCCCCCCCCCCCCCCCCCCC/C=C\C/C=C\C/C=C\CCCCCCC. The van der Waals surface area contributed by atoms with Crippen LogP contribution in [0, 0.1) is 0 Å². The van der Waals surface area contributed by atoms with E-state index in [0.29, 0.717) is 17.4 Å². The summed E-state index contributed by atoms with van der Waals surface area (Å²) in [5.41, 5.74) is 0. The molecule has 80 heavy (non-hydrogen) atoms. The fraction of sp³-hybridized carbons (Fsp3) is 0.817. The number of hydrogen-bond donors (Lipinski definition) is 0. The van der Waals surface area contributed by atoms with Crippen LogP contribution in [0.25, 0.3) is 0 Å². The van der Waals surface area contributed by atoms with Crippen molar-refractivity contribution in [1.29, 1.82) is 0 Å². The van der Waals surface area contributed by atoms with Crippen molar-refractivity contribution in [1.82, 2.24) is 0 Å². The fourth-order valence-corrected chi connectivity index (χ4v) is 9.75. The van der Waals surface area contributed by atoms with Crippen LogP contribution in [-0.4, -0.2) is 82.3 Å². The highest BCUT2D eigenvalue weighted by molar-refractivity contribution is 5.70. The highest BCUT2D eigenvalue weighted by atomic mass is 16.7. The number of esters is 2. The van der Waals surface area contributed by atoms with Crippen LogP contribution in [0.2, 0.25) is 0 Å². The summed E-state index contributed by atoms with van der Waals surface area (Å²) >= 11 is 0. The average Bonchev–Trinajstić information content (AvgIpc) is 3.43. The normalized spacial score (nSPS) is 13.1. The van der Waals surface area contributed by atoms with E-state index >= 15 is 0 Å². The van der Waals surface area contributed by atoms with Gasteiger partial charge in [-0.25, -0.2) is 0 Å². The van der Waals surface area contributed by atoms with E-state index < -0.39 is 24.3 Å². The molecule has 0 aromatic heterocycles. The van der Waals surface area contributed by atoms with E-state index in [0.717, 1.165) is 70.6 Å². The van der Waals surface area contributed by atoms with Crippen molar-refractivity contribution in [3.05, 3.63) is 60.8 Å². The molecule has 0 spiro atoms. The Hall–Kier alpha value is -3.01. The fourth-order valence-electron chi connectivity index (χ4n) is 9.75. The number of quaternary nitrogens is 1. The molecule has 0 aromatic rings. The lowest BCUT2D eigenvalue weighted by atomic mass is 10.0. The predicted octanol–water partition coefficient (Wildman–Crippen LogP) is 19.4. The van der Waals surface area contributed by atoms with Crippen molar-refractivity contribution in [2.24, 2.45) is 0 Å². The molecule has 0 rings (SSSR count). The van der Waals surface area contributed by atoms with Gasteiger partial charge in [-0.3, -0.25) is 9.59 Å². The number of aliphatic carboxylic acids is 1. The number of unbranched alkanes of at least 4 members (excludes halogenated alkanes) is 38. The zero-order chi connectivity index (χ0) is 58.3. The number of carboxylic acid groups (broad SMARTS) is 1. The van der Waals surface area contributed by atoms with Gasteiger partial charge in [-0.2, -0.15) is 0 Å². The number of allylic oxidation sites excluding steroid dienone is 10. The third kappa shape index (κ3) is 62.6. The molecule has 2 unspecified atom stereocenters. The summed E-state index contributed by atoms with van der Waals surface area (Å²) < 4.78 is 22.7. The molecule has 9 heteroatoms. The van der Waals surface area contributed by atoms with Gasteiger partial charge in [0.15, 0.2) is 12.4 Å². The van der Waals surface area contributed by atoms with E-state index in [1.54, 1.807) is 0 Å². The highest BCUT2D eigenvalue weighted by Crippen LogP contribution is 2.18. The molecule has 0 fully saturated rings. The molecule has 9 nitrogen and oxygen atoms in total. The molecule has 0 aliphatic rings. The quantitative estimate of drug-likeness (QED) is 0.0195. The van der Waals surface area contributed by atoms with Gasteiger partial charge in [0.25, 0.3) is 0 Å². The minimum atomic E-state index is -1.62. The molecule has 466 valence electrons. The molecule has 0 aliphatic heterocycles. The second-order valence-corrected chi connectivity index (χ2v) is 24.1. The minimum absolute atomic E-state index is 0.146. The average molecular weight is 1120 g/mol. The van der Waals surface area contributed by atoms with Crippen molar-refractivity contribution >= 4 is 17.9 Å². The first kappa shape index (κ1) is 77.0. The molecule has 0 aromatic carbocycles. The number of carboxylic acids is 1. The second kappa shape index (κ2) is 62.0. The van der Waals surface area contributed by atoms with Crippen LogP contribution >= 0.6 is 0 Å². The Labute approximate surface area is 495 Å². The number of likely N-dealkylation sites (N-methyl/N-ethyl adjacent to an activating group) is 1. The molecule has 0 saturated carbocycles. The second-order valence-electron chi connectivity index (χ2n) is 24.1. The van der Waals surface area contributed by atoms with Crippen molar-refractivity contribution in [3.8, 4) is 0 Å². The van der Waals surface area contributed by atoms with Gasteiger partial charge < -0.3 is 33.3 Å². The number of carbonyl (C=O) groups is 3. The zero-order valence-electron chi connectivity index (χ0n) is 53.2. The van der Waals surface area contributed by atoms with Crippen LogP contribution in [0.15, 0.2) is 60.8 Å². The molecule has 0 heterocycles. The van der Waals surface area contributed by atoms with Crippen LogP contribution in [0.3, 0.4) is 0 Å². The van der Waals surface area contributed by atoms with Gasteiger partial charge in [0, 0.05) is 12.8 Å². The first-order valence-corrected chi connectivity index (χ1v) is 33.9. The Morgan fingerprint density at radius 1 is 0.375 bits per heavy atom. The Morgan fingerprint density at radius 3 is 1.01 bits per heavy atom. The van der Waals surface area contributed by atoms with Crippen LogP contribution in [0.5, 0.6) is 0 Å². The molecular formula is C71H129NO8. The van der Waals surface area contributed by atoms with Gasteiger partial charge in [-0.1, -0.05) is 280 Å². The molecule has 2 atom stereocenters. The largest absolute Gasteiger partial charge is 0.545 e. The summed E-state index contributed by atoms with van der Waals surface area (Å²) in [6, 6.07) is 0. The van der Waals surface area contributed by atoms with Gasteiger partial charge >= 0.3 is 11.9 Å². The smallest absolute Gasteiger partial charge is 0.306 e. The van der Waals surface area contributed by atoms with Crippen molar-refractivity contribution in [2.75, 3.05) is 47.5 Å². The van der Waals surface area contributed by atoms with Crippen molar-refractivity contribution in [2.45, 2.75) is 328 Å². The maximum Gasteiger partial charge on any atom is 0.306 e. The summed E-state index contributed by atoms with van der Waals surface area (Å²) in [6.45, 7) is 4.73. The van der Waals surface area contributed by atoms with E-state index in [1.165, 1.54) is 212 Å². The molecular weight excluding hydrogens is 995 g/mol. The lowest BCUT2D eigenvalue weighted by Crippen LogP contribution is -2.44. The molecule has 0 amide bonds. The minimum Gasteiger partial charge on any atom is -0.545 e. The first-order chi connectivity index (χ1) is 39.1. The lowest BCUT2D eigenvalue weighted by Gasteiger charge is -2.26. The Bertz CT molecular complexity index is 1500. The summed E-state index contributed by atoms with van der Waals surface area (Å²) in [5.74, 6) is -2.29. The molecule has 0 aliphatic carbocycles. The summed E-state index contributed by atoms with van der Waals surface area (Å²) in [7, 11) is 5.93. The van der Waals surface area contributed by atoms with Crippen LogP contribution in [-0.2, 0) is 33.3 Å². The first-order valence-electron chi connectivity index (χ1n) is 33.9. The monoisotopic (exact) mass is 1120 g/mol. The van der Waals surface area contributed by atoms with Crippen LogP contribution in [0.4, 0.5) is 0 Å².